The molecule has 3 heterocycles. The first-order valence-electron chi connectivity index (χ1n) is 10.2. The predicted molar refractivity (Wildman–Crippen MR) is 113 cm³/mol. The van der Waals surface area contributed by atoms with Gasteiger partial charge in [-0.3, -0.25) is 24.1 Å². The van der Waals surface area contributed by atoms with Gasteiger partial charge in [-0.2, -0.15) is 0 Å². The van der Waals surface area contributed by atoms with Gasteiger partial charge in [0, 0.05) is 37.5 Å². The fourth-order valence-corrected chi connectivity index (χ4v) is 3.90. The third-order valence-corrected chi connectivity index (χ3v) is 5.72. The van der Waals surface area contributed by atoms with Gasteiger partial charge in [-0.05, 0) is 13.0 Å². The number of rotatable bonds is 5. The number of methoxy groups -OCH3 is 1. The van der Waals surface area contributed by atoms with Crippen molar-refractivity contribution in [1.82, 2.24) is 14.9 Å². The molecule has 9 nitrogen and oxygen atoms in total. The number of fused-ring (bicyclic) bond motifs is 4. The molecule has 0 unspecified atom stereocenters. The average Bonchev–Trinajstić information content (AvgIpc) is 2.91. The molecule has 174 valence electrons. The standard InChI is InChI=1S/C22H22F2N4O5/c1-12-3-6-15(10-33-2)28-11-26(12)22(32)18-20(30)19(29)16(9-27(18)28)21(31)25-8-13-4-5-14(23)7-17(13)24/h3-7,9,12,15,30H,8,10-11H2,1-2H3,(H,25,31)/t12-,15-/m0/s1. The lowest BCUT2D eigenvalue weighted by atomic mass is 10.1. The van der Waals surface area contributed by atoms with Gasteiger partial charge >= 0.3 is 0 Å². The van der Waals surface area contributed by atoms with Crippen LogP contribution in [-0.4, -0.2) is 59.0 Å². The molecule has 2 aliphatic rings. The Morgan fingerprint density at radius 1 is 1.27 bits per heavy atom. The second-order valence-electron chi connectivity index (χ2n) is 7.84. The molecule has 0 spiro atoms. The summed E-state index contributed by atoms with van der Waals surface area (Å²) in [4.78, 5) is 40.0. The number of pyridine rings is 1. The van der Waals surface area contributed by atoms with Gasteiger partial charge in [0.15, 0.2) is 11.4 Å². The summed E-state index contributed by atoms with van der Waals surface area (Å²) in [6, 6.07) is 2.27. The van der Waals surface area contributed by atoms with Crippen molar-refractivity contribution >= 4 is 11.8 Å². The number of amides is 2. The topological polar surface area (TPSA) is 104 Å². The van der Waals surface area contributed by atoms with Crippen LogP contribution in [0.2, 0.25) is 0 Å². The van der Waals surface area contributed by atoms with Crippen LogP contribution in [0, 0.1) is 11.6 Å². The molecule has 4 rings (SSSR count). The number of benzene rings is 1. The number of carbonyl (C=O) groups is 2. The Balaban J connectivity index is 1.72. The zero-order valence-corrected chi connectivity index (χ0v) is 17.9. The Kier molecular flexibility index (Phi) is 5.90. The highest BCUT2D eigenvalue weighted by Gasteiger charge is 2.39. The Labute approximate surface area is 187 Å². The smallest absolute Gasteiger partial charge is 0.278 e. The molecule has 0 saturated carbocycles. The summed E-state index contributed by atoms with van der Waals surface area (Å²) in [5, 5.41) is 14.7. The van der Waals surface area contributed by atoms with E-state index >= 15 is 0 Å². The van der Waals surface area contributed by atoms with Gasteiger partial charge in [0.2, 0.25) is 5.43 Å². The van der Waals surface area contributed by atoms with Crippen molar-refractivity contribution in [2.45, 2.75) is 25.6 Å². The Morgan fingerprint density at radius 3 is 2.73 bits per heavy atom. The average molecular weight is 460 g/mol. The van der Waals surface area contributed by atoms with Gasteiger partial charge in [-0.1, -0.05) is 18.2 Å². The molecule has 0 saturated heterocycles. The van der Waals surface area contributed by atoms with Crippen molar-refractivity contribution in [2.75, 3.05) is 25.4 Å². The van der Waals surface area contributed by atoms with E-state index in [1.54, 1.807) is 5.01 Å². The van der Waals surface area contributed by atoms with Crippen LogP contribution in [0.4, 0.5) is 8.78 Å². The van der Waals surface area contributed by atoms with E-state index < -0.39 is 40.2 Å². The quantitative estimate of drug-likeness (QED) is 0.648. The number of hydrogen-bond donors (Lipinski definition) is 2. The number of carbonyl (C=O) groups excluding carboxylic acids is 2. The van der Waals surface area contributed by atoms with Crippen LogP contribution in [0.5, 0.6) is 5.75 Å². The van der Waals surface area contributed by atoms with Gasteiger partial charge < -0.3 is 20.1 Å². The Morgan fingerprint density at radius 2 is 2.03 bits per heavy atom. The summed E-state index contributed by atoms with van der Waals surface area (Å²) in [6.45, 7) is 1.89. The van der Waals surface area contributed by atoms with E-state index in [-0.39, 0.29) is 43.2 Å². The molecule has 0 radical (unpaired) electrons. The molecule has 2 bridgehead atoms. The number of ether oxygens (including phenoxy) is 1. The predicted octanol–water partition coefficient (Wildman–Crippen LogP) is 1.09. The summed E-state index contributed by atoms with van der Waals surface area (Å²) in [6.07, 6.45) is 4.85. The lowest BCUT2D eigenvalue weighted by Crippen LogP contribution is -2.58. The molecule has 1 aromatic heterocycles. The molecule has 2 aliphatic heterocycles. The number of halogens is 2. The van der Waals surface area contributed by atoms with Gasteiger partial charge in [-0.25, -0.2) is 8.78 Å². The van der Waals surface area contributed by atoms with Crippen LogP contribution in [0.3, 0.4) is 0 Å². The number of aromatic nitrogens is 1. The third kappa shape index (κ3) is 3.95. The summed E-state index contributed by atoms with van der Waals surface area (Å²) in [7, 11) is 1.52. The van der Waals surface area contributed by atoms with E-state index in [0.29, 0.717) is 6.07 Å². The zero-order valence-electron chi connectivity index (χ0n) is 17.9. The van der Waals surface area contributed by atoms with Crippen molar-refractivity contribution in [3.63, 3.8) is 0 Å². The molecular weight excluding hydrogens is 438 g/mol. The number of hydrogen-bond acceptors (Lipinski definition) is 6. The van der Waals surface area contributed by atoms with Crippen molar-refractivity contribution in [3.05, 3.63) is 75.2 Å². The van der Waals surface area contributed by atoms with E-state index in [0.717, 1.165) is 6.07 Å². The van der Waals surface area contributed by atoms with Gasteiger partial charge in [0.25, 0.3) is 11.8 Å². The second kappa shape index (κ2) is 8.66. The summed E-state index contributed by atoms with van der Waals surface area (Å²) in [5.41, 5.74) is -1.71. The maximum atomic E-state index is 13.9. The first-order valence-corrected chi connectivity index (χ1v) is 10.2. The highest BCUT2D eigenvalue weighted by molar-refractivity contribution is 5.99. The molecule has 11 heteroatoms. The zero-order chi connectivity index (χ0) is 23.9. The normalized spacial score (nSPS) is 19.3. The first-order chi connectivity index (χ1) is 15.7. The van der Waals surface area contributed by atoms with Crippen molar-refractivity contribution < 1.29 is 28.2 Å². The van der Waals surface area contributed by atoms with E-state index in [2.05, 4.69) is 5.32 Å². The summed E-state index contributed by atoms with van der Waals surface area (Å²) in [5.74, 6) is -3.91. The number of nitrogens with one attached hydrogen (secondary N) is 1. The van der Waals surface area contributed by atoms with E-state index in [1.807, 2.05) is 19.1 Å². The van der Waals surface area contributed by atoms with E-state index in [9.17, 15) is 28.3 Å². The van der Waals surface area contributed by atoms with Crippen LogP contribution in [0.15, 0.2) is 41.3 Å². The molecule has 2 N–H and O–H groups in total. The largest absolute Gasteiger partial charge is 0.502 e. The van der Waals surface area contributed by atoms with E-state index in [1.165, 1.54) is 28.9 Å². The fourth-order valence-electron chi connectivity index (χ4n) is 3.90. The van der Waals surface area contributed by atoms with Crippen molar-refractivity contribution in [3.8, 4) is 5.75 Å². The maximum Gasteiger partial charge on any atom is 0.278 e. The lowest BCUT2D eigenvalue weighted by Gasteiger charge is -2.42. The molecule has 33 heavy (non-hydrogen) atoms. The molecule has 0 aliphatic carbocycles. The minimum absolute atomic E-state index is 0.0182. The van der Waals surface area contributed by atoms with Crippen LogP contribution in [-0.2, 0) is 11.3 Å². The fraction of sp³-hybridized carbons (Fsp3) is 0.318. The second-order valence-corrected chi connectivity index (χ2v) is 7.84. The highest BCUT2D eigenvalue weighted by atomic mass is 19.1. The van der Waals surface area contributed by atoms with Gasteiger partial charge in [0.1, 0.15) is 23.9 Å². The summed E-state index contributed by atoms with van der Waals surface area (Å²) >= 11 is 0. The Hall–Kier alpha value is -3.73. The summed E-state index contributed by atoms with van der Waals surface area (Å²) < 4.78 is 33.5. The molecule has 2 aromatic rings. The van der Waals surface area contributed by atoms with Gasteiger partial charge in [0.05, 0.1) is 12.6 Å². The Bertz CT molecular complexity index is 1210. The molecule has 2 atom stereocenters. The highest BCUT2D eigenvalue weighted by Crippen LogP contribution is 2.26. The first kappa shape index (κ1) is 22.5. The monoisotopic (exact) mass is 460 g/mol. The van der Waals surface area contributed by atoms with Crippen LogP contribution < -0.4 is 15.8 Å². The number of aromatic hydroxyl groups is 1. The minimum Gasteiger partial charge on any atom is -0.502 e. The third-order valence-electron chi connectivity index (χ3n) is 5.72. The molecular formula is C22H22F2N4O5. The minimum atomic E-state index is -1.03. The van der Waals surface area contributed by atoms with Crippen LogP contribution in [0.25, 0.3) is 0 Å². The molecule has 0 fully saturated rings. The lowest BCUT2D eigenvalue weighted by molar-refractivity contribution is 0.0638. The SMILES string of the molecule is COC[C@@H]1C=C[C@H](C)N2CN1n1cc(C(=O)NCc3ccc(F)cc3F)c(=O)c(O)c1C2=O. The molecule has 1 aromatic carbocycles. The molecule has 2 amide bonds. The maximum absolute atomic E-state index is 13.9. The number of nitrogens with zero attached hydrogens (tertiary/aromatic N) is 3. The van der Waals surface area contributed by atoms with E-state index in [4.69, 9.17) is 4.74 Å². The van der Waals surface area contributed by atoms with Crippen molar-refractivity contribution in [2.24, 2.45) is 0 Å². The van der Waals surface area contributed by atoms with Gasteiger partial charge in [-0.15, -0.1) is 0 Å². The van der Waals surface area contributed by atoms with Crippen LogP contribution >= 0.6 is 0 Å². The van der Waals surface area contributed by atoms with Crippen LogP contribution in [0.1, 0.15) is 33.3 Å². The van der Waals surface area contributed by atoms with Crippen molar-refractivity contribution in [1.29, 1.82) is 0 Å².